The molecule has 5 heteroatoms. The van der Waals surface area contributed by atoms with Crippen molar-refractivity contribution in [2.45, 2.75) is 13.5 Å². The van der Waals surface area contributed by atoms with E-state index in [2.05, 4.69) is 25.8 Å². The van der Waals surface area contributed by atoms with Gasteiger partial charge in [0.15, 0.2) is 0 Å². The Morgan fingerprint density at radius 2 is 2.28 bits per heavy atom. The van der Waals surface area contributed by atoms with E-state index in [4.69, 9.17) is 0 Å². The molecule has 0 atom stereocenters. The Bertz CT molecular complexity index is 578. The molecule has 1 aromatic carbocycles. The smallest absolute Gasteiger partial charge is 0.337 e. The highest BCUT2D eigenvalue weighted by molar-refractivity contribution is 9.10. The van der Waals surface area contributed by atoms with Gasteiger partial charge in [-0.2, -0.15) is 5.10 Å². The van der Waals surface area contributed by atoms with Crippen LogP contribution < -0.4 is 0 Å². The average molecular weight is 309 g/mol. The SMILES string of the molecule is COC(=O)c1ccc(Cn2cc(C)cn2)c(Br)c1. The summed E-state index contributed by atoms with van der Waals surface area (Å²) in [5.41, 5.74) is 2.72. The molecule has 4 nitrogen and oxygen atoms in total. The van der Waals surface area contributed by atoms with E-state index in [9.17, 15) is 4.79 Å². The third kappa shape index (κ3) is 2.79. The van der Waals surface area contributed by atoms with Crippen LogP contribution in [0, 0.1) is 6.92 Å². The molecule has 0 aliphatic carbocycles. The van der Waals surface area contributed by atoms with E-state index in [1.54, 1.807) is 12.1 Å². The Balaban J connectivity index is 2.22. The fraction of sp³-hybridized carbons (Fsp3) is 0.231. The van der Waals surface area contributed by atoms with Gasteiger partial charge < -0.3 is 4.74 Å². The first-order valence-electron chi connectivity index (χ1n) is 5.46. The van der Waals surface area contributed by atoms with Gasteiger partial charge in [0, 0.05) is 10.7 Å². The molecule has 0 unspecified atom stereocenters. The maximum atomic E-state index is 11.4. The fourth-order valence-corrected chi connectivity index (χ4v) is 2.15. The van der Waals surface area contributed by atoms with Gasteiger partial charge in [0.1, 0.15) is 0 Å². The van der Waals surface area contributed by atoms with Gasteiger partial charge in [-0.1, -0.05) is 22.0 Å². The Morgan fingerprint density at radius 1 is 1.50 bits per heavy atom. The number of esters is 1. The van der Waals surface area contributed by atoms with Gasteiger partial charge in [0.05, 0.1) is 25.4 Å². The van der Waals surface area contributed by atoms with Crippen molar-refractivity contribution < 1.29 is 9.53 Å². The maximum Gasteiger partial charge on any atom is 0.337 e. The van der Waals surface area contributed by atoms with Crippen LogP contribution >= 0.6 is 15.9 Å². The minimum absolute atomic E-state index is 0.336. The first kappa shape index (κ1) is 12.8. The zero-order valence-electron chi connectivity index (χ0n) is 10.2. The van der Waals surface area contributed by atoms with Crippen molar-refractivity contribution >= 4 is 21.9 Å². The van der Waals surface area contributed by atoms with E-state index < -0.39 is 0 Å². The predicted molar refractivity (Wildman–Crippen MR) is 71.5 cm³/mol. The van der Waals surface area contributed by atoms with Crippen molar-refractivity contribution in [2.24, 2.45) is 0 Å². The van der Waals surface area contributed by atoms with Crippen molar-refractivity contribution in [3.05, 3.63) is 51.8 Å². The molecule has 0 aliphatic rings. The highest BCUT2D eigenvalue weighted by Crippen LogP contribution is 2.20. The number of hydrogen-bond donors (Lipinski definition) is 0. The Kier molecular flexibility index (Phi) is 3.81. The second kappa shape index (κ2) is 5.35. The van der Waals surface area contributed by atoms with Gasteiger partial charge in [0.2, 0.25) is 0 Å². The molecule has 0 spiro atoms. The van der Waals surface area contributed by atoms with Gasteiger partial charge >= 0.3 is 5.97 Å². The van der Waals surface area contributed by atoms with Crippen LogP contribution in [0.3, 0.4) is 0 Å². The predicted octanol–water partition coefficient (Wildman–Crippen LogP) is 2.79. The van der Waals surface area contributed by atoms with E-state index in [0.29, 0.717) is 12.1 Å². The zero-order valence-corrected chi connectivity index (χ0v) is 11.8. The summed E-state index contributed by atoms with van der Waals surface area (Å²) in [6, 6.07) is 5.41. The molecule has 0 saturated heterocycles. The highest BCUT2D eigenvalue weighted by atomic mass is 79.9. The van der Waals surface area contributed by atoms with Crippen molar-refractivity contribution in [2.75, 3.05) is 7.11 Å². The molecule has 1 heterocycles. The molecule has 0 N–H and O–H groups in total. The number of ether oxygens (including phenoxy) is 1. The molecule has 2 aromatic rings. The second-order valence-corrected chi connectivity index (χ2v) is 4.87. The first-order chi connectivity index (χ1) is 8.60. The number of aryl methyl sites for hydroxylation is 1. The number of rotatable bonds is 3. The number of nitrogens with zero attached hydrogens (tertiary/aromatic N) is 2. The molecule has 0 aliphatic heterocycles. The summed E-state index contributed by atoms with van der Waals surface area (Å²) in [4.78, 5) is 11.4. The van der Waals surface area contributed by atoms with Crippen LogP contribution in [0.1, 0.15) is 21.5 Å². The summed E-state index contributed by atoms with van der Waals surface area (Å²) in [6.07, 6.45) is 3.79. The average Bonchev–Trinajstić information content (AvgIpc) is 2.76. The van der Waals surface area contributed by atoms with Crippen LogP contribution in [-0.4, -0.2) is 22.9 Å². The molecule has 0 bridgehead atoms. The number of carbonyl (C=O) groups is 1. The minimum Gasteiger partial charge on any atom is -0.465 e. The summed E-state index contributed by atoms with van der Waals surface area (Å²) >= 11 is 3.46. The molecular weight excluding hydrogens is 296 g/mol. The van der Waals surface area contributed by atoms with Crippen LogP contribution in [0.5, 0.6) is 0 Å². The third-order valence-electron chi connectivity index (χ3n) is 2.57. The lowest BCUT2D eigenvalue weighted by atomic mass is 10.1. The largest absolute Gasteiger partial charge is 0.465 e. The van der Waals surface area contributed by atoms with Crippen LogP contribution in [-0.2, 0) is 11.3 Å². The molecule has 1 aromatic heterocycles. The Labute approximate surface area is 114 Å². The van der Waals surface area contributed by atoms with Crippen LogP contribution in [0.2, 0.25) is 0 Å². The van der Waals surface area contributed by atoms with Crippen molar-refractivity contribution in [1.29, 1.82) is 0 Å². The third-order valence-corrected chi connectivity index (χ3v) is 3.31. The molecule has 0 amide bonds. The van der Waals surface area contributed by atoms with E-state index in [1.807, 2.05) is 30.1 Å². The molecule has 0 fully saturated rings. The summed E-state index contributed by atoms with van der Waals surface area (Å²) in [5, 5.41) is 4.23. The van der Waals surface area contributed by atoms with Crippen LogP contribution in [0.4, 0.5) is 0 Å². The number of hydrogen-bond acceptors (Lipinski definition) is 3. The molecule has 0 saturated carbocycles. The fourth-order valence-electron chi connectivity index (χ4n) is 1.65. The summed E-state index contributed by atoms with van der Waals surface area (Å²) in [7, 11) is 1.37. The summed E-state index contributed by atoms with van der Waals surface area (Å²) in [5.74, 6) is -0.336. The molecule has 94 valence electrons. The number of halogens is 1. The standard InChI is InChI=1S/C13H13BrN2O2/c1-9-6-15-16(7-9)8-11-4-3-10(5-12(11)14)13(17)18-2/h3-7H,8H2,1-2H3. The summed E-state index contributed by atoms with van der Waals surface area (Å²) in [6.45, 7) is 2.66. The van der Waals surface area contributed by atoms with Gasteiger partial charge in [0.25, 0.3) is 0 Å². The maximum absolute atomic E-state index is 11.4. The number of aromatic nitrogens is 2. The van der Waals surface area contributed by atoms with Crippen molar-refractivity contribution in [3.63, 3.8) is 0 Å². The summed E-state index contributed by atoms with van der Waals surface area (Å²) < 4.78 is 7.40. The normalized spacial score (nSPS) is 10.4. The van der Waals surface area contributed by atoms with Crippen molar-refractivity contribution in [3.8, 4) is 0 Å². The van der Waals surface area contributed by atoms with Crippen LogP contribution in [0.15, 0.2) is 35.1 Å². The molecular formula is C13H13BrN2O2. The first-order valence-corrected chi connectivity index (χ1v) is 6.25. The second-order valence-electron chi connectivity index (χ2n) is 4.01. The lowest BCUT2D eigenvalue weighted by Crippen LogP contribution is -2.04. The number of carbonyl (C=O) groups excluding carboxylic acids is 1. The van der Waals surface area contributed by atoms with E-state index in [1.165, 1.54) is 7.11 Å². The molecule has 2 rings (SSSR count). The minimum atomic E-state index is -0.336. The molecule has 0 radical (unpaired) electrons. The zero-order chi connectivity index (χ0) is 13.1. The highest BCUT2D eigenvalue weighted by Gasteiger charge is 2.09. The Hall–Kier alpha value is -1.62. The van der Waals surface area contributed by atoms with Gasteiger partial charge in [-0.25, -0.2) is 4.79 Å². The van der Waals surface area contributed by atoms with E-state index in [0.717, 1.165) is 15.6 Å². The van der Waals surface area contributed by atoms with E-state index in [-0.39, 0.29) is 5.97 Å². The topological polar surface area (TPSA) is 44.1 Å². The van der Waals surface area contributed by atoms with Gasteiger partial charge in [-0.15, -0.1) is 0 Å². The monoisotopic (exact) mass is 308 g/mol. The van der Waals surface area contributed by atoms with Crippen molar-refractivity contribution in [1.82, 2.24) is 9.78 Å². The van der Waals surface area contributed by atoms with Gasteiger partial charge in [-0.3, -0.25) is 4.68 Å². The van der Waals surface area contributed by atoms with E-state index >= 15 is 0 Å². The lowest BCUT2D eigenvalue weighted by Gasteiger charge is -2.06. The Morgan fingerprint density at radius 3 is 2.83 bits per heavy atom. The quantitative estimate of drug-likeness (QED) is 0.819. The molecule has 18 heavy (non-hydrogen) atoms. The number of methoxy groups -OCH3 is 1. The van der Waals surface area contributed by atoms with Crippen LogP contribution in [0.25, 0.3) is 0 Å². The lowest BCUT2D eigenvalue weighted by molar-refractivity contribution is 0.0600. The number of benzene rings is 1. The van der Waals surface area contributed by atoms with Gasteiger partial charge in [-0.05, 0) is 30.2 Å².